The Morgan fingerprint density at radius 3 is 2.68 bits per heavy atom. The van der Waals surface area contributed by atoms with E-state index in [2.05, 4.69) is 20.4 Å². The van der Waals surface area contributed by atoms with Crippen LogP contribution in [0.25, 0.3) is 5.78 Å². The van der Waals surface area contributed by atoms with Crippen molar-refractivity contribution in [1.82, 2.24) is 24.9 Å². The number of benzene rings is 1. The number of rotatable bonds is 6. The van der Waals surface area contributed by atoms with Gasteiger partial charge < -0.3 is 10.1 Å². The molecule has 0 saturated carbocycles. The highest BCUT2D eigenvalue weighted by atomic mass is 19.1. The lowest BCUT2D eigenvalue weighted by Crippen LogP contribution is -2.35. The van der Waals surface area contributed by atoms with Crippen LogP contribution < -0.4 is 5.32 Å². The first-order valence-electron chi connectivity index (χ1n) is 8.72. The lowest BCUT2D eigenvalue weighted by Gasteiger charge is -2.15. The fourth-order valence-corrected chi connectivity index (χ4v) is 2.78. The number of hydrogen-bond donors (Lipinski definition) is 1. The molecule has 1 N–H and O–H groups in total. The Bertz CT molecular complexity index is 1020. The highest BCUT2D eigenvalue weighted by Gasteiger charge is 2.20. The van der Waals surface area contributed by atoms with Gasteiger partial charge >= 0.3 is 5.97 Å². The molecule has 0 radical (unpaired) electrons. The predicted octanol–water partition coefficient (Wildman–Crippen LogP) is 1.67. The number of nitrogens with one attached hydrogen (secondary N) is 1. The zero-order valence-corrected chi connectivity index (χ0v) is 15.8. The first-order valence-corrected chi connectivity index (χ1v) is 8.72. The van der Waals surface area contributed by atoms with E-state index >= 15 is 0 Å². The average Bonchev–Trinajstić information content (AvgIpc) is 3.12. The Balaban J connectivity index is 1.58. The fraction of sp³-hybridized carbons (Fsp3) is 0.316. The Labute approximate surface area is 160 Å². The molecule has 0 aliphatic heterocycles. The number of halogens is 1. The third-order valence-corrected chi connectivity index (χ3v) is 4.37. The molecule has 0 saturated heterocycles. The summed E-state index contributed by atoms with van der Waals surface area (Å²) in [6.45, 7) is 5.31. The highest BCUT2D eigenvalue weighted by molar-refractivity contribution is 5.84. The van der Waals surface area contributed by atoms with Gasteiger partial charge in [-0.25, -0.2) is 13.9 Å². The van der Waals surface area contributed by atoms with E-state index in [9.17, 15) is 14.0 Å². The second kappa shape index (κ2) is 8.12. The summed E-state index contributed by atoms with van der Waals surface area (Å²) in [7, 11) is 0. The van der Waals surface area contributed by atoms with Gasteiger partial charge in [-0.05, 0) is 38.5 Å². The third-order valence-electron chi connectivity index (χ3n) is 4.37. The van der Waals surface area contributed by atoms with E-state index in [1.165, 1.54) is 25.4 Å². The van der Waals surface area contributed by atoms with E-state index in [4.69, 9.17) is 4.74 Å². The molecular formula is C19H20FN5O3. The highest BCUT2D eigenvalue weighted by Crippen LogP contribution is 2.14. The number of amides is 1. The van der Waals surface area contributed by atoms with Gasteiger partial charge in [-0.1, -0.05) is 12.1 Å². The van der Waals surface area contributed by atoms with Crippen molar-refractivity contribution < 1.29 is 18.7 Å². The summed E-state index contributed by atoms with van der Waals surface area (Å²) in [6.07, 6.45) is 0.400. The molecule has 3 aromatic rings. The predicted molar refractivity (Wildman–Crippen MR) is 97.8 cm³/mol. The largest absolute Gasteiger partial charge is 0.452 e. The van der Waals surface area contributed by atoms with Crippen LogP contribution in [0.2, 0.25) is 0 Å². The van der Waals surface area contributed by atoms with E-state index in [1.54, 1.807) is 23.6 Å². The third kappa shape index (κ3) is 4.30. The topological polar surface area (TPSA) is 98.5 Å². The zero-order valence-electron chi connectivity index (χ0n) is 15.8. The van der Waals surface area contributed by atoms with Gasteiger partial charge in [0, 0.05) is 23.5 Å². The Hall–Kier alpha value is -3.36. The molecule has 1 aromatic carbocycles. The van der Waals surface area contributed by atoms with Crippen LogP contribution in [-0.2, 0) is 27.3 Å². The molecule has 0 spiro atoms. The van der Waals surface area contributed by atoms with Crippen molar-refractivity contribution >= 4 is 17.7 Å². The van der Waals surface area contributed by atoms with E-state index in [-0.39, 0.29) is 18.8 Å². The minimum Gasteiger partial charge on any atom is -0.452 e. The molecule has 1 amide bonds. The fourth-order valence-electron chi connectivity index (χ4n) is 2.78. The van der Waals surface area contributed by atoms with Crippen molar-refractivity contribution in [2.75, 3.05) is 0 Å². The Morgan fingerprint density at radius 2 is 1.96 bits per heavy atom. The molecule has 3 rings (SSSR count). The summed E-state index contributed by atoms with van der Waals surface area (Å²) in [5, 5.41) is 6.74. The lowest BCUT2D eigenvalue weighted by molar-refractivity contribution is -0.154. The van der Waals surface area contributed by atoms with Crippen LogP contribution in [0, 0.1) is 19.7 Å². The van der Waals surface area contributed by atoms with Crippen molar-refractivity contribution in [2.45, 2.75) is 39.8 Å². The number of aromatic nitrogens is 4. The second-order valence-electron chi connectivity index (χ2n) is 6.39. The summed E-state index contributed by atoms with van der Waals surface area (Å²) >= 11 is 0. The van der Waals surface area contributed by atoms with Crippen LogP contribution in [0.5, 0.6) is 0 Å². The number of carbonyl (C=O) groups excluding carboxylic acids is 2. The first-order chi connectivity index (χ1) is 13.3. The van der Waals surface area contributed by atoms with E-state index < -0.39 is 18.0 Å². The Morgan fingerprint density at radius 1 is 1.25 bits per heavy atom. The lowest BCUT2D eigenvalue weighted by atomic mass is 10.1. The van der Waals surface area contributed by atoms with Crippen LogP contribution in [0.1, 0.15) is 29.4 Å². The minimum atomic E-state index is -0.961. The summed E-state index contributed by atoms with van der Waals surface area (Å²) in [5.41, 5.74) is 2.82. The normalized spacial score (nSPS) is 12.0. The molecule has 8 nitrogen and oxygen atoms in total. The van der Waals surface area contributed by atoms with Gasteiger partial charge in [0.2, 0.25) is 0 Å². The molecule has 0 aliphatic rings. The minimum absolute atomic E-state index is 0.0317. The molecule has 1 atom stereocenters. The summed E-state index contributed by atoms with van der Waals surface area (Å²) in [5.74, 6) is -0.866. The van der Waals surface area contributed by atoms with E-state index in [0.717, 1.165) is 11.3 Å². The van der Waals surface area contributed by atoms with Crippen LogP contribution in [0.3, 0.4) is 0 Å². The van der Waals surface area contributed by atoms with Gasteiger partial charge in [0.15, 0.2) is 6.10 Å². The molecular weight excluding hydrogens is 365 g/mol. The maximum absolute atomic E-state index is 12.9. The number of carbonyl (C=O) groups is 2. The number of nitrogens with zero attached hydrogens (tertiary/aromatic N) is 4. The van der Waals surface area contributed by atoms with Crippen molar-refractivity contribution in [2.24, 2.45) is 0 Å². The number of esters is 1. The summed E-state index contributed by atoms with van der Waals surface area (Å²) < 4.78 is 19.7. The van der Waals surface area contributed by atoms with Gasteiger partial charge in [-0.2, -0.15) is 10.1 Å². The molecule has 2 aromatic heterocycles. The van der Waals surface area contributed by atoms with Gasteiger partial charge in [0.1, 0.15) is 12.1 Å². The van der Waals surface area contributed by atoms with Gasteiger partial charge in [0.05, 0.1) is 6.42 Å². The number of aryl methyl sites for hydroxylation is 2. The van der Waals surface area contributed by atoms with Gasteiger partial charge in [0.25, 0.3) is 11.7 Å². The monoisotopic (exact) mass is 385 g/mol. The van der Waals surface area contributed by atoms with E-state index in [1.807, 2.05) is 6.92 Å². The molecule has 0 aliphatic carbocycles. The molecule has 0 fully saturated rings. The average molecular weight is 385 g/mol. The number of hydrogen-bond acceptors (Lipinski definition) is 6. The van der Waals surface area contributed by atoms with Crippen molar-refractivity contribution in [3.05, 3.63) is 58.9 Å². The van der Waals surface area contributed by atoms with Crippen LogP contribution in [0.4, 0.5) is 4.39 Å². The molecule has 9 heteroatoms. The number of ether oxygens (including phenoxy) is 1. The van der Waals surface area contributed by atoms with Crippen LogP contribution in [0.15, 0.2) is 30.6 Å². The number of fused-ring (bicyclic) bond motifs is 1. The van der Waals surface area contributed by atoms with Crippen molar-refractivity contribution in [3.8, 4) is 0 Å². The zero-order chi connectivity index (χ0) is 20.3. The van der Waals surface area contributed by atoms with Crippen LogP contribution in [-0.4, -0.2) is 37.6 Å². The summed E-state index contributed by atoms with van der Waals surface area (Å²) in [4.78, 5) is 32.8. The van der Waals surface area contributed by atoms with E-state index in [0.29, 0.717) is 17.0 Å². The Kier molecular flexibility index (Phi) is 5.62. The summed E-state index contributed by atoms with van der Waals surface area (Å²) in [6, 6.07) is 5.78. The SMILES string of the molecule is Cc1nc2ncnn2c(C)c1CC(=O)O[C@@H](C)C(=O)NCc1ccc(F)cc1. The van der Waals surface area contributed by atoms with Crippen molar-refractivity contribution in [1.29, 1.82) is 0 Å². The van der Waals surface area contributed by atoms with Gasteiger partial charge in [-0.3, -0.25) is 9.59 Å². The molecule has 146 valence electrons. The van der Waals surface area contributed by atoms with Crippen LogP contribution >= 0.6 is 0 Å². The molecule has 28 heavy (non-hydrogen) atoms. The molecule has 0 unspecified atom stereocenters. The maximum atomic E-state index is 12.9. The second-order valence-corrected chi connectivity index (χ2v) is 6.39. The molecule has 0 bridgehead atoms. The molecule has 2 heterocycles. The first kappa shape index (κ1) is 19.4. The standard InChI is InChI=1S/C19H20FN5O3/c1-11-16(12(2)25-19(24-11)22-10-23-25)8-17(26)28-13(3)18(27)21-9-14-4-6-15(20)7-5-14/h4-7,10,13H,8-9H2,1-3H3,(H,21,27)/t13-/m0/s1. The smallest absolute Gasteiger partial charge is 0.311 e. The quantitative estimate of drug-likeness (QED) is 0.648. The van der Waals surface area contributed by atoms with Gasteiger partial charge in [-0.15, -0.1) is 0 Å². The maximum Gasteiger partial charge on any atom is 0.311 e. The van der Waals surface area contributed by atoms with Crippen molar-refractivity contribution in [3.63, 3.8) is 0 Å².